The van der Waals surface area contributed by atoms with Gasteiger partial charge in [-0.1, -0.05) is 31.2 Å². The summed E-state index contributed by atoms with van der Waals surface area (Å²) in [6.07, 6.45) is 9.82. The Bertz CT molecular complexity index is 228. The number of hydrogen-bond acceptors (Lipinski definition) is 2. The summed E-state index contributed by atoms with van der Waals surface area (Å²) in [6, 6.07) is 0. The smallest absolute Gasteiger partial charge is 0.306 e. The van der Waals surface area contributed by atoms with Crippen LogP contribution in [-0.2, 0) is 9.53 Å². The third kappa shape index (κ3) is 3.45. The van der Waals surface area contributed by atoms with Gasteiger partial charge in [0.1, 0.15) is 0 Å². The van der Waals surface area contributed by atoms with Crippen LogP contribution in [0.2, 0.25) is 0 Å². The molecule has 2 nitrogen and oxygen atoms in total. The van der Waals surface area contributed by atoms with Crippen LogP contribution >= 0.6 is 0 Å². The number of rotatable bonds is 2. The molecule has 0 aromatic heterocycles. The van der Waals surface area contributed by atoms with Gasteiger partial charge in [0.25, 0.3) is 0 Å². The third-order valence-electron chi connectivity index (χ3n) is 2.27. The zero-order valence-corrected chi connectivity index (χ0v) is 8.19. The van der Waals surface area contributed by atoms with E-state index < -0.39 is 0 Å². The fourth-order valence-corrected chi connectivity index (χ4v) is 1.56. The molecule has 1 aliphatic carbocycles. The van der Waals surface area contributed by atoms with E-state index >= 15 is 0 Å². The van der Waals surface area contributed by atoms with Crippen molar-refractivity contribution < 1.29 is 9.53 Å². The van der Waals surface area contributed by atoms with Gasteiger partial charge in [0.15, 0.2) is 0 Å². The molecule has 0 saturated carbocycles. The molecule has 0 aromatic rings. The first-order valence-corrected chi connectivity index (χ1v) is 4.64. The Morgan fingerprint density at radius 1 is 1.46 bits per heavy atom. The van der Waals surface area contributed by atoms with Crippen molar-refractivity contribution in [3.05, 3.63) is 24.3 Å². The summed E-state index contributed by atoms with van der Waals surface area (Å²) in [7, 11) is 1.43. The first-order valence-electron chi connectivity index (χ1n) is 4.64. The van der Waals surface area contributed by atoms with Gasteiger partial charge in [-0.15, -0.1) is 0 Å². The third-order valence-corrected chi connectivity index (χ3v) is 2.27. The normalized spacial score (nSPS) is 26.9. The highest BCUT2D eigenvalue weighted by Gasteiger charge is 2.14. The van der Waals surface area contributed by atoms with E-state index in [0.29, 0.717) is 18.3 Å². The fourth-order valence-electron chi connectivity index (χ4n) is 1.56. The lowest BCUT2D eigenvalue weighted by Crippen LogP contribution is -2.09. The number of carbonyl (C=O) groups is 1. The van der Waals surface area contributed by atoms with E-state index in [1.807, 2.05) is 12.2 Å². The second-order valence-corrected chi connectivity index (χ2v) is 3.52. The molecule has 2 atom stereocenters. The van der Waals surface area contributed by atoms with Gasteiger partial charge in [-0.2, -0.15) is 0 Å². The van der Waals surface area contributed by atoms with E-state index in [-0.39, 0.29) is 5.97 Å². The molecule has 0 bridgehead atoms. The lowest BCUT2D eigenvalue weighted by Gasteiger charge is -2.12. The number of hydrogen-bond donors (Lipinski definition) is 0. The molecule has 0 aromatic carbocycles. The molecule has 0 radical (unpaired) electrons. The van der Waals surface area contributed by atoms with Gasteiger partial charge in [-0.25, -0.2) is 0 Å². The molecule has 0 N–H and O–H groups in total. The van der Waals surface area contributed by atoms with Crippen molar-refractivity contribution in [1.29, 1.82) is 0 Å². The van der Waals surface area contributed by atoms with Crippen molar-refractivity contribution in [2.75, 3.05) is 7.11 Å². The summed E-state index contributed by atoms with van der Waals surface area (Å²) >= 11 is 0. The molecule has 13 heavy (non-hydrogen) atoms. The molecule has 0 unspecified atom stereocenters. The second kappa shape index (κ2) is 4.85. The highest BCUT2D eigenvalue weighted by Crippen LogP contribution is 2.21. The molecular formula is C11H16O2. The Hall–Kier alpha value is -1.05. The van der Waals surface area contributed by atoms with Gasteiger partial charge in [0.2, 0.25) is 0 Å². The van der Waals surface area contributed by atoms with E-state index in [2.05, 4.69) is 23.8 Å². The predicted octanol–water partition coefficient (Wildman–Crippen LogP) is 2.32. The van der Waals surface area contributed by atoms with Crippen molar-refractivity contribution in [1.82, 2.24) is 0 Å². The minimum Gasteiger partial charge on any atom is -0.469 e. The maximum Gasteiger partial charge on any atom is 0.306 e. The maximum atomic E-state index is 11.0. The van der Waals surface area contributed by atoms with Crippen molar-refractivity contribution >= 4 is 5.97 Å². The maximum absolute atomic E-state index is 11.0. The second-order valence-electron chi connectivity index (χ2n) is 3.52. The Kier molecular flexibility index (Phi) is 3.74. The van der Waals surface area contributed by atoms with Crippen LogP contribution in [0.1, 0.15) is 19.8 Å². The number of ether oxygens (including phenoxy) is 1. The topological polar surface area (TPSA) is 26.3 Å². The van der Waals surface area contributed by atoms with Crippen LogP contribution in [0.5, 0.6) is 0 Å². The van der Waals surface area contributed by atoms with Gasteiger partial charge < -0.3 is 4.74 Å². The van der Waals surface area contributed by atoms with Gasteiger partial charge in [-0.3, -0.25) is 4.79 Å². The largest absolute Gasteiger partial charge is 0.469 e. The van der Waals surface area contributed by atoms with Crippen LogP contribution in [0, 0.1) is 11.8 Å². The number of allylic oxidation sites excluding steroid dienone is 4. The number of esters is 1. The summed E-state index contributed by atoms with van der Waals surface area (Å²) in [4.78, 5) is 11.0. The quantitative estimate of drug-likeness (QED) is 0.609. The summed E-state index contributed by atoms with van der Waals surface area (Å²) < 4.78 is 4.64. The van der Waals surface area contributed by atoms with Crippen LogP contribution in [0.3, 0.4) is 0 Å². The summed E-state index contributed by atoms with van der Waals surface area (Å²) in [5, 5.41) is 0. The van der Waals surface area contributed by atoms with Crippen LogP contribution in [0.4, 0.5) is 0 Å². The van der Waals surface area contributed by atoms with Gasteiger partial charge in [0, 0.05) is 0 Å². The number of carbonyl (C=O) groups excluding carboxylic acids is 1. The van der Waals surface area contributed by atoms with Gasteiger partial charge in [-0.05, 0) is 18.3 Å². The first-order chi connectivity index (χ1) is 6.22. The SMILES string of the molecule is COC(=O)C[C@@H]1C=CC=C[C@H](C)C1. The van der Waals surface area contributed by atoms with Gasteiger partial charge in [0.05, 0.1) is 13.5 Å². The van der Waals surface area contributed by atoms with Crippen molar-refractivity contribution in [3.63, 3.8) is 0 Å². The lowest BCUT2D eigenvalue weighted by molar-refractivity contribution is -0.141. The van der Waals surface area contributed by atoms with Gasteiger partial charge >= 0.3 is 5.97 Å². The van der Waals surface area contributed by atoms with Crippen molar-refractivity contribution in [2.45, 2.75) is 19.8 Å². The Morgan fingerprint density at radius 2 is 2.15 bits per heavy atom. The molecule has 0 spiro atoms. The Balaban J connectivity index is 2.46. The van der Waals surface area contributed by atoms with Crippen molar-refractivity contribution in [3.8, 4) is 0 Å². The molecule has 2 heteroatoms. The van der Waals surface area contributed by atoms with Crippen LogP contribution in [-0.4, -0.2) is 13.1 Å². The molecule has 0 saturated heterocycles. The van der Waals surface area contributed by atoms with E-state index in [4.69, 9.17) is 0 Å². The predicted molar refractivity (Wildman–Crippen MR) is 52.2 cm³/mol. The zero-order valence-electron chi connectivity index (χ0n) is 8.19. The first kappa shape index (κ1) is 10.0. The molecule has 72 valence electrons. The molecule has 0 heterocycles. The highest BCUT2D eigenvalue weighted by molar-refractivity contribution is 5.69. The Morgan fingerprint density at radius 3 is 2.85 bits per heavy atom. The minimum atomic E-state index is -0.122. The monoisotopic (exact) mass is 180 g/mol. The minimum absolute atomic E-state index is 0.122. The molecule has 1 aliphatic rings. The van der Waals surface area contributed by atoms with E-state index in [9.17, 15) is 4.79 Å². The van der Waals surface area contributed by atoms with Crippen LogP contribution in [0.25, 0.3) is 0 Å². The standard InChI is InChI=1S/C11H16O2/c1-9-5-3-4-6-10(7-9)8-11(12)13-2/h3-6,9-10H,7-8H2,1-2H3/t9-,10+/m0/s1. The lowest BCUT2D eigenvalue weighted by atomic mass is 9.94. The molecule has 0 amide bonds. The molecule has 0 fully saturated rings. The van der Waals surface area contributed by atoms with E-state index in [1.54, 1.807) is 0 Å². The molecule has 1 rings (SSSR count). The van der Waals surface area contributed by atoms with Crippen LogP contribution in [0.15, 0.2) is 24.3 Å². The average Bonchev–Trinajstić information content (AvgIpc) is 2.30. The summed E-state index contributed by atoms with van der Waals surface area (Å²) in [5.41, 5.74) is 0. The van der Waals surface area contributed by atoms with E-state index in [1.165, 1.54) is 7.11 Å². The zero-order chi connectivity index (χ0) is 9.68. The average molecular weight is 180 g/mol. The Labute approximate surface area is 79.3 Å². The summed E-state index contributed by atoms with van der Waals surface area (Å²) in [6.45, 7) is 2.16. The van der Waals surface area contributed by atoms with Crippen LogP contribution < -0.4 is 0 Å². The molecular weight excluding hydrogens is 164 g/mol. The van der Waals surface area contributed by atoms with E-state index in [0.717, 1.165) is 6.42 Å². The van der Waals surface area contributed by atoms with Crippen molar-refractivity contribution in [2.24, 2.45) is 11.8 Å². The summed E-state index contributed by atoms with van der Waals surface area (Å²) in [5.74, 6) is 0.755. The number of methoxy groups -OCH3 is 1. The highest BCUT2D eigenvalue weighted by atomic mass is 16.5. The fraction of sp³-hybridized carbons (Fsp3) is 0.545. The molecule has 0 aliphatic heterocycles.